The maximum absolute atomic E-state index is 8.75. The minimum atomic E-state index is 0.107. The Balaban J connectivity index is 2.78. The van der Waals surface area contributed by atoms with Crippen LogP contribution < -0.4 is 0 Å². The fraction of sp³-hybridized carbons (Fsp3) is 0.333. The molecule has 0 atom stereocenters. The summed E-state index contributed by atoms with van der Waals surface area (Å²) in [6, 6.07) is 11.4. The number of benzene rings is 1. The van der Waals surface area contributed by atoms with E-state index in [9.17, 15) is 0 Å². The van der Waals surface area contributed by atoms with Gasteiger partial charge in [0.05, 0.1) is 6.61 Å². The largest absolute Gasteiger partial charge is 0.377 e. The molecule has 0 radical (unpaired) electrons. The van der Waals surface area contributed by atoms with Crippen molar-refractivity contribution in [2.24, 2.45) is 0 Å². The quantitative estimate of drug-likeness (QED) is 0.565. The highest BCUT2D eigenvalue weighted by Gasteiger charge is 2.01. The predicted octanol–water partition coefficient (Wildman–Crippen LogP) is 3.43. The van der Waals surface area contributed by atoms with E-state index >= 15 is 0 Å². The second kappa shape index (κ2) is 8.06. The molecule has 0 fully saturated rings. The van der Waals surface area contributed by atoms with Gasteiger partial charge in [-0.05, 0) is 23.6 Å². The first-order valence-corrected chi connectivity index (χ1v) is 5.99. The van der Waals surface area contributed by atoms with Gasteiger partial charge in [-0.2, -0.15) is 10.5 Å². The Bertz CT molecular complexity index is 476. The fourth-order valence-electron chi connectivity index (χ4n) is 1.48. The minimum absolute atomic E-state index is 0.107. The van der Waals surface area contributed by atoms with Crippen molar-refractivity contribution in [2.75, 3.05) is 6.61 Å². The van der Waals surface area contributed by atoms with Crippen LogP contribution in [0.2, 0.25) is 0 Å². The van der Waals surface area contributed by atoms with Crippen molar-refractivity contribution < 1.29 is 4.74 Å². The molecule has 0 saturated carbocycles. The third-order valence-electron chi connectivity index (χ3n) is 2.50. The molecule has 0 spiro atoms. The maximum Gasteiger partial charge on any atom is 0.130 e. The molecular formula is C15H16N2O. The molecule has 0 saturated heterocycles. The highest BCUT2D eigenvalue weighted by Crippen LogP contribution is 2.14. The molecule has 0 unspecified atom stereocenters. The van der Waals surface area contributed by atoms with Crippen molar-refractivity contribution in [1.29, 1.82) is 10.5 Å². The van der Waals surface area contributed by atoms with Crippen molar-refractivity contribution in [1.82, 2.24) is 0 Å². The normalized spacial score (nSPS) is 9.28. The van der Waals surface area contributed by atoms with Crippen LogP contribution in [0.1, 0.15) is 30.9 Å². The number of nitrogens with zero attached hydrogens (tertiary/aromatic N) is 2. The van der Waals surface area contributed by atoms with Crippen LogP contribution in [0.15, 0.2) is 29.8 Å². The van der Waals surface area contributed by atoms with E-state index in [1.807, 2.05) is 36.4 Å². The monoisotopic (exact) mass is 240 g/mol. The molecule has 0 aromatic heterocycles. The van der Waals surface area contributed by atoms with Crippen LogP contribution in [-0.2, 0) is 11.3 Å². The standard InChI is InChI=1S/C15H16N2O/c1-2-3-8-18-12-15-7-5-4-6-14(15)9-13(10-16)11-17/h4-7,9H,2-3,8,12H2,1H3. The molecule has 1 aromatic rings. The van der Waals surface area contributed by atoms with Crippen LogP contribution >= 0.6 is 0 Å². The van der Waals surface area contributed by atoms with Gasteiger partial charge in [-0.3, -0.25) is 0 Å². The summed E-state index contributed by atoms with van der Waals surface area (Å²) in [7, 11) is 0. The predicted molar refractivity (Wildman–Crippen MR) is 70.2 cm³/mol. The third-order valence-corrected chi connectivity index (χ3v) is 2.50. The molecule has 92 valence electrons. The number of hydrogen-bond acceptors (Lipinski definition) is 3. The Labute approximate surface area is 108 Å². The molecule has 0 aliphatic rings. The fourth-order valence-corrected chi connectivity index (χ4v) is 1.48. The van der Waals surface area contributed by atoms with Crippen LogP contribution in [0.4, 0.5) is 0 Å². The maximum atomic E-state index is 8.75. The molecule has 0 aliphatic heterocycles. The summed E-state index contributed by atoms with van der Waals surface area (Å²) in [4.78, 5) is 0. The highest BCUT2D eigenvalue weighted by molar-refractivity contribution is 5.64. The van der Waals surface area contributed by atoms with Gasteiger partial charge in [0.25, 0.3) is 0 Å². The molecule has 3 heteroatoms. The van der Waals surface area contributed by atoms with E-state index in [1.165, 1.54) is 0 Å². The first-order valence-electron chi connectivity index (χ1n) is 5.99. The zero-order chi connectivity index (χ0) is 13.2. The van der Waals surface area contributed by atoms with Gasteiger partial charge in [-0.15, -0.1) is 0 Å². The SMILES string of the molecule is CCCCOCc1ccccc1C=C(C#N)C#N. The zero-order valence-corrected chi connectivity index (χ0v) is 10.5. The highest BCUT2D eigenvalue weighted by atomic mass is 16.5. The van der Waals surface area contributed by atoms with Crippen molar-refractivity contribution in [2.45, 2.75) is 26.4 Å². The van der Waals surface area contributed by atoms with Gasteiger partial charge in [-0.1, -0.05) is 37.6 Å². The lowest BCUT2D eigenvalue weighted by Crippen LogP contribution is -1.97. The zero-order valence-electron chi connectivity index (χ0n) is 10.5. The minimum Gasteiger partial charge on any atom is -0.377 e. The number of hydrogen-bond donors (Lipinski definition) is 0. The number of ether oxygens (including phenoxy) is 1. The Morgan fingerprint density at radius 1 is 1.28 bits per heavy atom. The second-order valence-electron chi connectivity index (χ2n) is 3.89. The lowest BCUT2D eigenvalue weighted by molar-refractivity contribution is 0.118. The summed E-state index contributed by atoms with van der Waals surface area (Å²) in [5.41, 5.74) is 1.97. The smallest absolute Gasteiger partial charge is 0.130 e. The number of unbranched alkanes of at least 4 members (excludes halogenated alkanes) is 1. The molecule has 1 aromatic carbocycles. The summed E-state index contributed by atoms with van der Waals surface area (Å²) in [5, 5.41) is 17.5. The summed E-state index contributed by atoms with van der Waals surface area (Å²) in [6.07, 6.45) is 3.74. The van der Waals surface area contributed by atoms with Gasteiger partial charge in [-0.25, -0.2) is 0 Å². The molecular weight excluding hydrogens is 224 g/mol. The topological polar surface area (TPSA) is 56.8 Å². The molecule has 0 N–H and O–H groups in total. The Kier molecular flexibility index (Phi) is 6.25. The van der Waals surface area contributed by atoms with Crippen molar-refractivity contribution in [3.8, 4) is 12.1 Å². The molecule has 0 bridgehead atoms. The summed E-state index contributed by atoms with van der Waals surface area (Å²) in [6.45, 7) is 3.36. The van der Waals surface area contributed by atoms with Gasteiger partial charge >= 0.3 is 0 Å². The lowest BCUT2D eigenvalue weighted by atomic mass is 10.1. The molecule has 0 aliphatic carbocycles. The second-order valence-corrected chi connectivity index (χ2v) is 3.89. The molecule has 18 heavy (non-hydrogen) atoms. The van der Waals surface area contributed by atoms with E-state index in [4.69, 9.17) is 15.3 Å². The average Bonchev–Trinajstić information content (AvgIpc) is 2.42. The molecule has 0 amide bonds. The molecule has 3 nitrogen and oxygen atoms in total. The van der Waals surface area contributed by atoms with Crippen molar-refractivity contribution >= 4 is 6.08 Å². The Morgan fingerprint density at radius 3 is 2.67 bits per heavy atom. The number of allylic oxidation sites excluding steroid dienone is 1. The van der Waals surface area contributed by atoms with Crippen LogP contribution in [-0.4, -0.2) is 6.61 Å². The molecule has 1 rings (SSSR count). The van der Waals surface area contributed by atoms with Crippen LogP contribution in [0.3, 0.4) is 0 Å². The third kappa shape index (κ3) is 4.41. The van der Waals surface area contributed by atoms with E-state index in [1.54, 1.807) is 6.08 Å². The van der Waals surface area contributed by atoms with Crippen LogP contribution in [0, 0.1) is 22.7 Å². The van der Waals surface area contributed by atoms with Gasteiger partial charge in [0.1, 0.15) is 17.7 Å². The van der Waals surface area contributed by atoms with E-state index in [-0.39, 0.29) is 5.57 Å². The number of rotatable bonds is 6. The Morgan fingerprint density at radius 2 is 2.00 bits per heavy atom. The molecule has 0 heterocycles. The average molecular weight is 240 g/mol. The summed E-state index contributed by atoms with van der Waals surface area (Å²) < 4.78 is 5.55. The van der Waals surface area contributed by atoms with E-state index in [2.05, 4.69) is 6.92 Å². The van der Waals surface area contributed by atoms with Crippen LogP contribution in [0.25, 0.3) is 6.08 Å². The van der Waals surface area contributed by atoms with Gasteiger partial charge in [0, 0.05) is 6.61 Å². The van der Waals surface area contributed by atoms with Gasteiger partial charge in [0.2, 0.25) is 0 Å². The summed E-state index contributed by atoms with van der Waals surface area (Å²) >= 11 is 0. The number of nitriles is 2. The first-order chi connectivity index (χ1) is 8.81. The van der Waals surface area contributed by atoms with Gasteiger partial charge < -0.3 is 4.74 Å². The first kappa shape index (κ1) is 14.0. The van der Waals surface area contributed by atoms with Crippen LogP contribution in [0.5, 0.6) is 0 Å². The summed E-state index contributed by atoms with van der Waals surface area (Å²) in [5.74, 6) is 0. The van der Waals surface area contributed by atoms with E-state index in [0.717, 1.165) is 30.6 Å². The Hall–Kier alpha value is -2.10. The lowest BCUT2D eigenvalue weighted by Gasteiger charge is -2.06. The van der Waals surface area contributed by atoms with Crippen molar-refractivity contribution in [3.63, 3.8) is 0 Å². The van der Waals surface area contributed by atoms with E-state index in [0.29, 0.717) is 6.61 Å². The van der Waals surface area contributed by atoms with Crippen molar-refractivity contribution in [3.05, 3.63) is 41.0 Å². The van der Waals surface area contributed by atoms with E-state index < -0.39 is 0 Å². The van der Waals surface area contributed by atoms with Gasteiger partial charge in [0.15, 0.2) is 0 Å².